The van der Waals surface area contributed by atoms with Crippen LogP contribution < -0.4 is 14.8 Å². The van der Waals surface area contributed by atoms with Gasteiger partial charge in [-0.05, 0) is 62.7 Å². The third-order valence-corrected chi connectivity index (χ3v) is 5.67. The van der Waals surface area contributed by atoms with Crippen molar-refractivity contribution in [1.82, 2.24) is 10.3 Å². The minimum atomic E-state index is -3.68. The molecule has 0 saturated heterocycles. The van der Waals surface area contributed by atoms with Crippen LogP contribution in [0.2, 0.25) is 0 Å². The predicted molar refractivity (Wildman–Crippen MR) is 115 cm³/mol. The van der Waals surface area contributed by atoms with Gasteiger partial charge in [0.25, 0.3) is 15.9 Å². The molecular formula is C22H23N3O4S. The van der Waals surface area contributed by atoms with Gasteiger partial charge in [0.05, 0.1) is 10.5 Å². The molecule has 0 spiro atoms. The Labute approximate surface area is 176 Å². The molecule has 3 rings (SSSR count). The van der Waals surface area contributed by atoms with Crippen molar-refractivity contribution in [2.24, 2.45) is 0 Å². The maximum atomic E-state index is 12.6. The Kier molecular flexibility index (Phi) is 6.37. The summed E-state index contributed by atoms with van der Waals surface area (Å²) >= 11 is 0. The topological polar surface area (TPSA) is 97.4 Å². The summed E-state index contributed by atoms with van der Waals surface area (Å²) in [4.78, 5) is 16.3. The van der Waals surface area contributed by atoms with Crippen molar-refractivity contribution in [3.63, 3.8) is 0 Å². The second kappa shape index (κ2) is 8.96. The number of amides is 1. The zero-order valence-electron chi connectivity index (χ0n) is 16.9. The van der Waals surface area contributed by atoms with Crippen molar-refractivity contribution in [2.75, 3.05) is 4.72 Å². The molecule has 156 valence electrons. The molecule has 7 nitrogen and oxygen atoms in total. The second-order valence-electron chi connectivity index (χ2n) is 7.01. The predicted octanol–water partition coefficient (Wildman–Crippen LogP) is 4.12. The van der Waals surface area contributed by atoms with E-state index in [1.807, 2.05) is 13.8 Å². The molecule has 0 atom stereocenters. The first kappa shape index (κ1) is 21.3. The van der Waals surface area contributed by atoms with Gasteiger partial charge in [0.15, 0.2) is 0 Å². The fourth-order valence-electron chi connectivity index (χ4n) is 2.70. The van der Waals surface area contributed by atoms with E-state index in [0.29, 0.717) is 28.4 Å². The van der Waals surface area contributed by atoms with E-state index >= 15 is 0 Å². The van der Waals surface area contributed by atoms with Crippen LogP contribution in [0.1, 0.15) is 29.8 Å². The second-order valence-corrected chi connectivity index (χ2v) is 8.66. The summed E-state index contributed by atoms with van der Waals surface area (Å²) < 4.78 is 33.4. The van der Waals surface area contributed by atoms with E-state index in [4.69, 9.17) is 4.74 Å². The molecule has 2 N–H and O–H groups in total. The quantitative estimate of drug-likeness (QED) is 0.593. The number of benzene rings is 2. The number of carbonyl (C=O) groups is 1. The zero-order valence-corrected chi connectivity index (χ0v) is 17.7. The lowest BCUT2D eigenvalue weighted by molar-refractivity contribution is 0.0942. The van der Waals surface area contributed by atoms with E-state index in [1.165, 1.54) is 6.20 Å². The molecule has 8 heteroatoms. The number of pyridine rings is 1. The lowest BCUT2D eigenvalue weighted by Crippen LogP contribution is -2.30. The van der Waals surface area contributed by atoms with E-state index in [1.54, 1.807) is 67.6 Å². The van der Waals surface area contributed by atoms with Gasteiger partial charge < -0.3 is 10.1 Å². The first-order valence-electron chi connectivity index (χ1n) is 9.38. The Morgan fingerprint density at radius 1 is 1.00 bits per heavy atom. The zero-order chi connectivity index (χ0) is 21.7. The summed E-state index contributed by atoms with van der Waals surface area (Å²) in [6.45, 7) is 5.51. The Morgan fingerprint density at radius 3 is 2.30 bits per heavy atom. The number of hydrogen-bond acceptors (Lipinski definition) is 5. The molecule has 0 unspecified atom stereocenters. The first-order chi connectivity index (χ1) is 14.2. The molecule has 0 bridgehead atoms. The van der Waals surface area contributed by atoms with Crippen molar-refractivity contribution in [3.8, 4) is 11.6 Å². The van der Waals surface area contributed by atoms with Crippen LogP contribution in [0.5, 0.6) is 11.6 Å². The minimum absolute atomic E-state index is 0.0372. The average molecular weight is 426 g/mol. The van der Waals surface area contributed by atoms with Crippen LogP contribution in [-0.2, 0) is 10.0 Å². The van der Waals surface area contributed by atoms with Crippen LogP contribution in [-0.4, -0.2) is 25.4 Å². The summed E-state index contributed by atoms with van der Waals surface area (Å²) in [5, 5.41) is 2.79. The fraction of sp³-hybridized carbons (Fsp3) is 0.182. The van der Waals surface area contributed by atoms with Gasteiger partial charge in [0.1, 0.15) is 5.75 Å². The molecule has 1 aromatic heterocycles. The molecule has 0 aliphatic rings. The lowest BCUT2D eigenvalue weighted by atomic mass is 10.2. The van der Waals surface area contributed by atoms with E-state index in [0.717, 1.165) is 0 Å². The standard InChI is InChI=1S/C22H23N3O4S/c1-15(2)24-22(26)17-8-13-21(23-14-17)29-19-11-9-18(10-12-19)25-30(27,28)20-7-5-4-6-16(20)3/h4-15,25H,1-3H3,(H,24,26). The van der Waals surface area contributed by atoms with Crippen molar-refractivity contribution in [2.45, 2.75) is 31.7 Å². The van der Waals surface area contributed by atoms with Crippen molar-refractivity contribution in [1.29, 1.82) is 0 Å². The van der Waals surface area contributed by atoms with Gasteiger partial charge in [-0.1, -0.05) is 18.2 Å². The van der Waals surface area contributed by atoms with Gasteiger partial charge in [-0.2, -0.15) is 0 Å². The Bertz CT molecular complexity index is 1130. The third kappa shape index (κ3) is 5.36. The SMILES string of the molecule is Cc1ccccc1S(=O)(=O)Nc1ccc(Oc2ccc(C(=O)NC(C)C)cn2)cc1. The number of rotatable bonds is 7. The van der Waals surface area contributed by atoms with Crippen LogP contribution in [0.4, 0.5) is 5.69 Å². The van der Waals surface area contributed by atoms with E-state index in [2.05, 4.69) is 15.0 Å². The highest BCUT2D eigenvalue weighted by atomic mass is 32.2. The number of aromatic nitrogens is 1. The molecule has 1 amide bonds. The normalized spacial score (nSPS) is 11.2. The molecule has 30 heavy (non-hydrogen) atoms. The number of hydrogen-bond donors (Lipinski definition) is 2. The lowest BCUT2D eigenvalue weighted by Gasteiger charge is -2.11. The van der Waals surface area contributed by atoms with Crippen LogP contribution in [0.25, 0.3) is 0 Å². The van der Waals surface area contributed by atoms with Crippen LogP contribution in [0, 0.1) is 6.92 Å². The summed E-state index contributed by atoms with van der Waals surface area (Å²) in [7, 11) is -3.68. The van der Waals surface area contributed by atoms with Gasteiger partial charge in [-0.25, -0.2) is 13.4 Å². The number of carbonyl (C=O) groups excluding carboxylic acids is 1. The molecule has 0 radical (unpaired) electrons. The molecule has 3 aromatic rings. The Balaban J connectivity index is 1.66. The highest BCUT2D eigenvalue weighted by molar-refractivity contribution is 7.92. The number of nitrogens with zero attached hydrogens (tertiary/aromatic N) is 1. The van der Waals surface area contributed by atoms with Gasteiger partial charge in [-0.15, -0.1) is 0 Å². The molecular weight excluding hydrogens is 402 g/mol. The van der Waals surface area contributed by atoms with Crippen LogP contribution >= 0.6 is 0 Å². The highest BCUT2D eigenvalue weighted by Crippen LogP contribution is 2.24. The molecule has 0 fully saturated rings. The molecule has 0 aliphatic carbocycles. The Hall–Kier alpha value is -3.39. The maximum Gasteiger partial charge on any atom is 0.262 e. The van der Waals surface area contributed by atoms with Crippen LogP contribution in [0.15, 0.2) is 71.8 Å². The summed E-state index contributed by atoms with van der Waals surface area (Å²) in [5.74, 6) is 0.611. The molecule has 0 aliphatic heterocycles. The number of nitrogens with one attached hydrogen (secondary N) is 2. The molecule has 1 heterocycles. The van der Waals surface area contributed by atoms with Gasteiger partial charge in [-0.3, -0.25) is 9.52 Å². The average Bonchev–Trinajstić information content (AvgIpc) is 2.69. The number of ether oxygens (including phenoxy) is 1. The van der Waals surface area contributed by atoms with E-state index in [-0.39, 0.29) is 16.8 Å². The minimum Gasteiger partial charge on any atom is -0.439 e. The third-order valence-electron chi connectivity index (χ3n) is 4.13. The van der Waals surface area contributed by atoms with Crippen LogP contribution in [0.3, 0.4) is 0 Å². The fourth-order valence-corrected chi connectivity index (χ4v) is 4.01. The number of sulfonamides is 1. The highest BCUT2D eigenvalue weighted by Gasteiger charge is 2.16. The molecule has 0 saturated carbocycles. The van der Waals surface area contributed by atoms with Gasteiger partial charge in [0.2, 0.25) is 5.88 Å². The largest absolute Gasteiger partial charge is 0.439 e. The Morgan fingerprint density at radius 2 is 1.70 bits per heavy atom. The van der Waals surface area contributed by atoms with Gasteiger partial charge >= 0.3 is 0 Å². The van der Waals surface area contributed by atoms with E-state index < -0.39 is 10.0 Å². The molecule has 2 aromatic carbocycles. The first-order valence-corrected chi connectivity index (χ1v) is 10.9. The summed E-state index contributed by atoms with van der Waals surface area (Å²) in [6.07, 6.45) is 1.44. The smallest absolute Gasteiger partial charge is 0.262 e. The number of aryl methyl sites for hydroxylation is 1. The summed E-state index contributed by atoms with van der Waals surface area (Å²) in [5.41, 5.74) is 1.53. The van der Waals surface area contributed by atoms with Gasteiger partial charge in [0, 0.05) is 24.0 Å². The number of anilines is 1. The van der Waals surface area contributed by atoms with Crippen molar-refractivity contribution >= 4 is 21.6 Å². The maximum absolute atomic E-state index is 12.6. The summed E-state index contributed by atoms with van der Waals surface area (Å²) in [6, 6.07) is 16.5. The monoisotopic (exact) mass is 425 g/mol. The van der Waals surface area contributed by atoms with Crippen molar-refractivity contribution in [3.05, 3.63) is 78.0 Å². The van der Waals surface area contributed by atoms with Crippen molar-refractivity contribution < 1.29 is 17.9 Å². The van der Waals surface area contributed by atoms with E-state index in [9.17, 15) is 13.2 Å².